The highest BCUT2D eigenvalue weighted by atomic mass is 19.4. The van der Waals surface area contributed by atoms with E-state index in [1.807, 2.05) is 0 Å². The normalized spacial score (nSPS) is 12.0. The molecule has 0 unspecified atom stereocenters. The van der Waals surface area contributed by atoms with E-state index < -0.39 is 16.9 Å². The quantitative estimate of drug-likeness (QED) is 0.400. The number of fused-ring (bicyclic) bond motifs is 2. The maximum atomic E-state index is 13.2. The Bertz CT molecular complexity index is 1170. The van der Waals surface area contributed by atoms with Gasteiger partial charge in [0.25, 0.3) is 5.69 Å². The number of alkyl halides is 3. The van der Waals surface area contributed by atoms with Crippen molar-refractivity contribution in [1.29, 1.82) is 0 Å². The number of aromatic nitrogens is 4. The molecule has 0 aliphatic carbocycles. The number of nitro groups is 1. The van der Waals surface area contributed by atoms with Crippen LogP contribution in [0.1, 0.15) is 5.82 Å². The highest BCUT2D eigenvalue weighted by Gasteiger charge is 2.36. The molecule has 0 bridgehead atoms. The number of benzene rings is 2. The van der Waals surface area contributed by atoms with E-state index in [4.69, 9.17) is 0 Å². The van der Waals surface area contributed by atoms with E-state index in [1.54, 1.807) is 18.2 Å². The van der Waals surface area contributed by atoms with Crippen molar-refractivity contribution in [3.05, 3.63) is 64.6 Å². The Morgan fingerprint density at radius 3 is 2.58 bits per heavy atom. The molecule has 0 radical (unpaired) electrons. The van der Waals surface area contributed by atoms with Gasteiger partial charge in [0.1, 0.15) is 0 Å². The van der Waals surface area contributed by atoms with Gasteiger partial charge in [0.15, 0.2) is 5.82 Å². The van der Waals surface area contributed by atoms with Crippen LogP contribution in [0.5, 0.6) is 0 Å². The van der Waals surface area contributed by atoms with Gasteiger partial charge in [-0.1, -0.05) is 12.1 Å². The molecule has 0 N–H and O–H groups in total. The van der Waals surface area contributed by atoms with Crippen LogP contribution in [-0.2, 0) is 6.18 Å². The van der Waals surface area contributed by atoms with Crippen LogP contribution in [0.4, 0.5) is 18.9 Å². The average Bonchev–Trinajstić information content (AvgIpc) is 3.03. The lowest BCUT2D eigenvalue weighted by atomic mass is 10.2. The molecule has 26 heavy (non-hydrogen) atoms. The monoisotopic (exact) mass is 359 g/mol. The first kappa shape index (κ1) is 15.9. The van der Waals surface area contributed by atoms with E-state index in [0.717, 1.165) is 4.68 Å². The molecule has 2 aromatic heterocycles. The molecule has 0 saturated heterocycles. The van der Waals surface area contributed by atoms with Crippen molar-refractivity contribution in [2.75, 3.05) is 0 Å². The van der Waals surface area contributed by atoms with E-state index in [2.05, 4.69) is 15.1 Å². The van der Waals surface area contributed by atoms with Crippen LogP contribution >= 0.6 is 0 Å². The zero-order valence-electron chi connectivity index (χ0n) is 12.8. The second kappa shape index (κ2) is 5.48. The van der Waals surface area contributed by atoms with Crippen LogP contribution in [0.2, 0.25) is 0 Å². The van der Waals surface area contributed by atoms with Crippen LogP contribution in [0, 0.1) is 10.1 Å². The molecule has 4 rings (SSSR count). The summed E-state index contributed by atoms with van der Waals surface area (Å²) in [5.74, 6) is -1.40. The highest BCUT2D eigenvalue weighted by Crippen LogP contribution is 2.31. The Balaban J connectivity index is 2.06. The number of para-hydroxylation sites is 1. The summed E-state index contributed by atoms with van der Waals surface area (Å²) in [6.07, 6.45) is -3.34. The van der Waals surface area contributed by atoms with Gasteiger partial charge >= 0.3 is 6.18 Å². The molecule has 0 saturated carbocycles. The second-order valence-electron chi connectivity index (χ2n) is 5.44. The minimum absolute atomic E-state index is 0.0962. The summed E-state index contributed by atoms with van der Waals surface area (Å²) in [6, 6.07) is 10.2. The standard InChI is InChI=1S/C16H8F3N5O2/c17-16(18,19)15-21-12-4-2-1-3-11(12)14(22-15)23-13-7-10(24(25)26)6-5-9(13)8-20-23/h1-8H. The lowest BCUT2D eigenvalue weighted by molar-refractivity contribution is -0.384. The summed E-state index contributed by atoms with van der Waals surface area (Å²) in [5, 5.41) is 16.0. The summed E-state index contributed by atoms with van der Waals surface area (Å²) in [6.45, 7) is 0. The Kier molecular flexibility index (Phi) is 3.36. The van der Waals surface area contributed by atoms with Crippen molar-refractivity contribution in [2.24, 2.45) is 0 Å². The summed E-state index contributed by atoms with van der Waals surface area (Å²) >= 11 is 0. The second-order valence-corrected chi connectivity index (χ2v) is 5.44. The first-order valence-corrected chi connectivity index (χ1v) is 7.31. The summed E-state index contributed by atoms with van der Waals surface area (Å²) in [4.78, 5) is 17.6. The van der Waals surface area contributed by atoms with Crippen molar-refractivity contribution >= 4 is 27.5 Å². The molecule has 2 heterocycles. The molecule has 0 aliphatic rings. The molecule has 7 nitrogen and oxygen atoms in total. The van der Waals surface area contributed by atoms with Gasteiger partial charge in [0.2, 0.25) is 5.82 Å². The van der Waals surface area contributed by atoms with Crippen LogP contribution in [0.25, 0.3) is 27.6 Å². The molecule has 0 aliphatic heterocycles. The predicted molar refractivity (Wildman–Crippen MR) is 85.8 cm³/mol. The van der Waals surface area contributed by atoms with E-state index in [9.17, 15) is 23.3 Å². The number of hydrogen-bond donors (Lipinski definition) is 0. The number of nitrogens with zero attached hydrogens (tertiary/aromatic N) is 5. The van der Waals surface area contributed by atoms with Crippen molar-refractivity contribution in [2.45, 2.75) is 6.18 Å². The van der Waals surface area contributed by atoms with Crippen molar-refractivity contribution in [3.63, 3.8) is 0 Å². The Morgan fingerprint density at radius 1 is 1.08 bits per heavy atom. The fraction of sp³-hybridized carbons (Fsp3) is 0.0625. The van der Waals surface area contributed by atoms with Gasteiger partial charge in [-0.05, 0) is 18.2 Å². The number of rotatable bonds is 2. The minimum Gasteiger partial charge on any atom is -0.258 e. The van der Waals surface area contributed by atoms with E-state index in [1.165, 1.54) is 30.5 Å². The number of hydrogen-bond acceptors (Lipinski definition) is 5. The third-order valence-electron chi connectivity index (χ3n) is 3.80. The molecular weight excluding hydrogens is 351 g/mol. The van der Waals surface area contributed by atoms with Crippen molar-refractivity contribution in [1.82, 2.24) is 19.7 Å². The third-order valence-corrected chi connectivity index (χ3v) is 3.80. The highest BCUT2D eigenvalue weighted by molar-refractivity contribution is 5.89. The van der Waals surface area contributed by atoms with Crippen molar-refractivity contribution in [3.8, 4) is 5.82 Å². The third kappa shape index (κ3) is 2.51. The minimum atomic E-state index is -4.74. The van der Waals surface area contributed by atoms with Gasteiger partial charge in [-0.15, -0.1) is 0 Å². The largest absolute Gasteiger partial charge is 0.451 e. The molecule has 2 aromatic carbocycles. The molecule has 130 valence electrons. The van der Waals surface area contributed by atoms with Gasteiger partial charge in [0, 0.05) is 22.9 Å². The molecule has 0 fully saturated rings. The van der Waals surface area contributed by atoms with Gasteiger partial charge < -0.3 is 0 Å². The van der Waals surface area contributed by atoms with Gasteiger partial charge in [0.05, 0.1) is 22.2 Å². The first-order chi connectivity index (χ1) is 12.3. The van der Waals surface area contributed by atoms with Crippen LogP contribution in [0.3, 0.4) is 0 Å². The van der Waals surface area contributed by atoms with Gasteiger partial charge in [-0.3, -0.25) is 10.1 Å². The van der Waals surface area contributed by atoms with Gasteiger partial charge in [-0.25, -0.2) is 14.6 Å². The summed E-state index contributed by atoms with van der Waals surface area (Å²) in [5.41, 5.74) is 0.170. The topological polar surface area (TPSA) is 86.7 Å². The molecule has 4 aromatic rings. The van der Waals surface area contributed by atoms with Gasteiger partial charge in [-0.2, -0.15) is 18.3 Å². The van der Waals surface area contributed by atoms with Crippen LogP contribution in [0.15, 0.2) is 48.7 Å². The van der Waals surface area contributed by atoms with E-state index >= 15 is 0 Å². The smallest absolute Gasteiger partial charge is 0.258 e. The van der Waals surface area contributed by atoms with E-state index in [0.29, 0.717) is 10.8 Å². The molecular formula is C16H8F3N5O2. The SMILES string of the molecule is O=[N+]([O-])c1ccc2cnn(-c3nc(C(F)(F)F)nc4ccccc34)c2c1. The van der Waals surface area contributed by atoms with Crippen LogP contribution in [-0.4, -0.2) is 24.7 Å². The Hall–Kier alpha value is -3.56. The summed E-state index contributed by atoms with van der Waals surface area (Å²) < 4.78 is 40.7. The maximum absolute atomic E-state index is 13.2. The molecule has 0 amide bonds. The Morgan fingerprint density at radius 2 is 1.85 bits per heavy atom. The number of halogens is 3. The first-order valence-electron chi connectivity index (χ1n) is 7.31. The number of nitro benzene ring substituents is 1. The van der Waals surface area contributed by atoms with Crippen LogP contribution < -0.4 is 0 Å². The molecule has 10 heteroatoms. The zero-order chi connectivity index (χ0) is 18.5. The fourth-order valence-electron chi connectivity index (χ4n) is 2.64. The fourth-order valence-corrected chi connectivity index (χ4v) is 2.64. The van der Waals surface area contributed by atoms with E-state index in [-0.39, 0.29) is 22.5 Å². The lowest BCUT2D eigenvalue weighted by Crippen LogP contribution is -2.14. The lowest BCUT2D eigenvalue weighted by Gasteiger charge is -2.11. The zero-order valence-corrected chi connectivity index (χ0v) is 12.8. The number of non-ortho nitro benzene ring substituents is 1. The van der Waals surface area contributed by atoms with Crippen molar-refractivity contribution < 1.29 is 18.1 Å². The Labute approximate surface area is 142 Å². The molecule has 0 spiro atoms. The molecule has 0 atom stereocenters. The average molecular weight is 359 g/mol. The summed E-state index contributed by atoms with van der Waals surface area (Å²) in [7, 11) is 0. The maximum Gasteiger partial charge on any atom is 0.451 e. The predicted octanol–water partition coefficient (Wildman–Crippen LogP) is 3.90.